The van der Waals surface area contributed by atoms with Gasteiger partial charge in [0.2, 0.25) is 0 Å². The number of ketones is 1. The van der Waals surface area contributed by atoms with Crippen molar-refractivity contribution in [2.75, 3.05) is 5.33 Å². The molecule has 2 rings (SSSR count). The van der Waals surface area contributed by atoms with Crippen molar-refractivity contribution in [3.63, 3.8) is 0 Å². The van der Waals surface area contributed by atoms with Crippen LogP contribution in [0.1, 0.15) is 54.1 Å². The van der Waals surface area contributed by atoms with E-state index in [1.54, 1.807) is 6.07 Å². The van der Waals surface area contributed by atoms with E-state index in [0.29, 0.717) is 11.4 Å². The Morgan fingerprint density at radius 2 is 1.81 bits per heavy atom. The number of rotatable bonds is 4. The van der Waals surface area contributed by atoms with E-state index >= 15 is 0 Å². The lowest BCUT2D eigenvalue weighted by Gasteiger charge is -2.16. The normalized spacial score (nSPS) is 14.0. The molecule has 1 fully saturated rings. The molecule has 0 aliphatic heterocycles. The highest BCUT2D eigenvalue weighted by atomic mass is 79.9. The van der Waals surface area contributed by atoms with E-state index in [1.807, 2.05) is 26.0 Å². The van der Waals surface area contributed by atoms with E-state index in [0.717, 1.165) is 35.3 Å². The molecule has 1 aliphatic rings. The number of carbonyl (C=O) groups is 1. The van der Waals surface area contributed by atoms with Gasteiger partial charge in [-0.15, -0.1) is 0 Å². The molecule has 4 heteroatoms. The van der Waals surface area contributed by atoms with Gasteiger partial charge in [0, 0.05) is 12.5 Å². The summed E-state index contributed by atoms with van der Waals surface area (Å²) in [6, 6.07) is 5.72. The molecule has 114 valence electrons. The highest BCUT2D eigenvalue weighted by molar-refractivity contribution is 9.09. The molecule has 0 bridgehead atoms. The van der Waals surface area contributed by atoms with E-state index in [-0.39, 0.29) is 5.78 Å². The van der Waals surface area contributed by atoms with Gasteiger partial charge in [0.15, 0.2) is 5.78 Å². The fourth-order valence-corrected chi connectivity index (χ4v) is 2.98. The monoisotopic (exact) mass is 351 g/mol. The van der Waals surface area contributed by atoms with Gasteiger partial charge >= 0.3 is 0 Å². The smallest absolute Gasteiger partial charge is 0.173 e. The summed E-state index contributed by atoms with van der Waals surface area (Å²) in [6.07, 6.45) is 5.20. The average molecular weight is 352 g/mol. The summed E-state index contributed by atoms with van der Waals surface area (Å²) in [6.45, 7) is 5.38. The summed E-state index contributed by atoms with van der Waals surface area (Å²) < 4.78 is 5.98. The minimum atomic E-state index is 0.136. The Balaban J connectivity index is 0.000000677. The van der Waals surface area contributed by atoms with Gasteiger partial charge in [0.1, 0.15) is 5.75 Å². The number of nitriles is 1. The van der Waals surface area contributed by atoms with Gasteiger partial charge in [-0.05, 0) is 62.8 Å². The second kappa shape index (κ2) is 8.84. The van der Waals surface area contributed by atoms with Gasteiger partial charge in [-0.25, -0.2) is 0 Å². The quantitative estimate of drug-likeness (QED) is 0.581. The van der Waals surface area contributed by atoms with Crippen molar-refractivity contribution in [1.82, 2.24) is 0 Å². The summed E-state index contributed by atoms with van der Waals surface area (Å²) in [5, 5.41) is 7.69. The average Bonchev–Trinajstić information content (AvgIpc) is 2.91. The summed E-state index contributed by atoms with van der Waals surface area (Å²) in [5.74, 6) is 1.04. The van der Waals surface area contributed by atoms with E-state index in [2.05, 4.69) is 15.9 Å². The topological polar surface area (TPSA) is 50.1 Å². The van der Waals surface area contributed by atoms with Crippen molar-refractivity contribution in [1.29, 1.82) is 5.26 Å². The summed E-state index contributed by atoms with van der Waals surface area (Å²) in [4.78, 5) is 11.8. The Morgan fingerprint density at radius 1 is 1.33 bits per heavy atom. The van der Waals surface area contributed by atoms with Crippen LogP contribution in [0.2, 0.25) is 0 Å². The van der Waals surface area contributed by atoms with Crippen molar-refractivity contribution in [2.24, 2.45) is 0 Å². The van der Waals surface area contributed by atoms with E-state index in [1.165, 1.54) is 19.8 Å². The Morgan fingerprint density at radius 3 is 2.24 bits per heavy atom. The molecule has 0 amide bonds. The Bertz CT molecular complexity index is 505. The molecule has 1 aromatic carbocycles. The van der Waals surface area contributed by atoms with E-state index < -0.39 is 0 Å². The van der Waals surface area contributed by atoms with Gasteiger partial charge in [-0.2, -0.15) is 5.26 Å². The van der Waals surface area contributed by atoms with Gasteiger partial charge in [-0.3, -0.25) is 4.79 Å². The fourth-order valence-electron chi connectivity index (χ4n) is 2.70. The third-order valence-corrected chi connectivity index (χ3v) is 4.02. The molecular weight excluding hydrogens is 330 g/mol. The molecular formula is C17H22BrNO2. The zero-order chi connectivity index (χ0) is 15.8. The molecule has 0 aromatic heterocycles. The van der Waals surface area contributed by atoms with Crippen molar-refractivity contribution in [2.45, 2.75) is 52.6 Å². The molecule has 1 saturated carbocycles. The molecule has 1 aromatic rings. The first kappa shape index (κ1) is 17.7. The SMILES string of the molecule is CC#N.Cc1cc(OC2CCCC2)cc(C)c1C(=O)CBr. The lowest BCUT2D eigenvalue weighted by molar-refractivity contribution is 0.102. The molecule has 0 atom stereocenters. The molecule has 0 unspecified atom stereocenters. The van der Waals surface area contributed by atoms with Crippen LogP contribution in [0.15, 0.2) is 12.1 Å². The summed E-state index contributed by atoms with van der Waals surface area (Å²) in [7, 11) is 0. The molecule has 0 N–H and O–H groups in total. The Hall–Kier alpha value is -1.34. The third kappa shape index (κ3) is 5.17. The van der Waals surface area contributed by atoms with Crippen LogP contribution in [0.5, 0.6) is 5.75 Å². The largest absolute Gasteiger partial charge is 0.490 e. The summed E-state index contributed by atoms with van der Waals surface area (Å²) >= 11 is 3.23. The number of carbonyl (C=O) groups excluding carboxylic acids is 1. The number of nitrogens with zero attached hydrogens (tertiary/aromatic N) is 1. The Kier molecular flexibility index (Phi) is 7.45. The third-order valence-electron chi connectivity index (χ3n) is 3.51. The maximum absolute atomic E-state index is 11.8. The number of alkyl halides is 1. The van der Waals surface area contributed by atoms with Crippen LogP contribution in [0, 0.1) is 25.2 Å². The maximum Gasteiger partial charge on any atom is 0.173 e. The number of benzene rings is 1. The first-order chi connectivity index (χ1) is 10.0. The fraction of sp³-hybridized carbons (Fsp3) is 0.529. The van der Waals surface area contributed by atoms with Crippen molar-refractivity contribution >= 4 is 21.7 Å². The van der Waals surface area contributed by atoms with Crippen LogP contribution in [-0.4, -0.2) is 17.2 Å². The highest BCUT2D eigenvalue weighted by Crippen LogP contribution is 2.27. The first-order valence-corrected chi connectivity index (χ1v) is 8.33. The van der Waals surface area contributed by atoms with Crippen molar-refractivity contribution in [3.8, 4) is 11.8 Å². The number of Topliss-reactive ketones (excluding diaryl/α,β-unsaturated/α-hetero) is 1. The van der Waals surface area contributed by atoms with Crippen LogP contribution in [-0.2, 0) is 0 Å². The van der Waals surface area contributed by atoms with Crippen LogP contribution < -0.4 is 4.74 Å². The zero-order valence-corrected chi connectivity index (χ0v) is 14.5. The number of hydrogen-bond donors (Lipinski definition) is 0. The molecule has 0 saturated heterocycles. The molecule has 21 heavy (non-hydrogen) atoms. The molecule has 0 heterocycles. The van der Waals surface area contributed by atoms with Crippen molar-refractivity contribution < 1.29 is 9.53 Å². The lowest BCUT2D eigenvalue weighted by Crippen LogP contribution is -2.12. The maximum atomic E-state index is 11.8. The van der Waals surface area contributed by atoms with Crippen LogP contribution in [0.3, 0.4) is 0 Å². The Labute approximate surface area is 135 Å². The predicted octanol–water partition coefficient (Wildman–Crippen LogP) is 4.73. The second-order valence-electron chi connectivity index (χ2n) is 5.24. The zero-order valence-electron chi connectivity index (χ0n) is 12.9. The molecule has 1 aliphatic carbocycles. The number of halogens is 1. The van der Waals surface area contributed by atoms with Crippen LogP contribution in [0.25, 0.3) is 0 Å². The second-order valence-corrected chi connectivity index (χ2v) is 5.80. The van der Waals surface area contributed by atoms with Crippen molar-refractivity contribution in [3.05, 3.63) is 28.8 Å². The number of aryl methyl sites for hydroxylation is 2. The van der Waals surface area contributed by atoms with Crippen LogP contribution in [0.4, 0.5) is 0 Å². The molecule has 0 spiro atoms. The summed E-state index contributed by atoms with van der Waals surface area (Å²) in [5.41, 5.74) is 2.84. The molecule has 0 radical (unpaired) electrons. The minimum absolute atomic E-state index is 0.136. The van der Waals surface area contributed by atoms with Gasteiger partial charge in [-0.1, -0.05) is 15.9 Å². The van der Waals surface area contributed by atoms with Gasteiger partial charge in [0.05, 0.1) is 17.5 Å². The first-order valence-electron chi connectivity index (χ1n) is 7.21. The standard InChI is InChI=1S/C15H19BrO2.C2H3N/c1-10-7-13(18-12-5-3-4-6-12)8-11(2)15(10)14(17)9-16;1-2-3/h7-8,12H,3-6,9H2,1-2H3;1H3. The van der Waals surface area contributed by atoms with Gasteiger partial charge < -0.3 is 4.74 Å². The molecule has 3 nitrogen and oxygen atoms in total. The lowest BCUT2D eigenvalue weighted by atomic mass is 9.99. The number of ether oxygens (including phenoxy) is 1. The number of hydrogen-bond acceptors (Lipinski definition) is 3. The predicted molar refractivity (Wildman–Crippen MR) is 88.2 cm³/mol. The van der Waals surface area contributed by atoms with Crippen LogP contribution >= 0.6 is 15.9 Å². The van der Waals surface area contributed by atoms with E-state index in [4.69, 9.17) is 10.00 Å². The highest BCUT2D eigenvalue weighted by Gasteiger charge is 2.18. The van der Waals surface area contributed by atoms with Gasteiger partial charge in [0.25, 0.3) is 0 Å². The minimum Gasteiger partial charge on any atom is -0.490 e. The van der Waals surface area contributed by atoms with E-state index in [9.17, 15) is 4.79 Å².